The molecule has 0 spiro atoms. The maximum Gasteiger partial charge on any atom is 0.314 e. The molecule has 162 valence electrons. The van der Waals surface area contributed by atoms with Gasteiger partial charge in [-0.25, -0.2) is 0 Å². The summed E-state index contributed by atoms with van der Waals surface area (Å²) in [7, 11) is 1.85. The molecular weight excluding hydrogens is 384 g/mol. The Morgan fingerprint density at radius 1 is 1.23 bits per heavy atom. The molecule has 0 saturated carbocycles. The van der Waals surface area contributed by atoms with Crippen molar-refractivity contribution >= 4 is 11.8 Å². The predicted octanol–water partition coefficient (Wildman–Crippen LogP) is 4.04. The summed E-state index contributed by atoms with van der Waals surface area (Å²) in [6.45, 7) is 6.44. The van der Waals surface area contributed by atoms with Crippen molar-refractivity contribution in [2.24, 2.45) is 7.05 Å². The second kappa shape index (κ2) is 9.53. The van der Waals surface area contributed by atoms with Gasteiger partial charge in [-0.15, -0.1) is 0 Å². The van der Waals surface area contributed by atoms with Gasteiger partial charge in [-0.3, -0.25) is 14.3 Å². The number of aromatic nitrogens is 2. The lowest BCUT2D eigenvalue weighted by Crippen LogP contribution is -2.25. The second-order valence-corrected chi connectivity index (χ2v) is 8.52. The minimum Gasteiger partial charge on any atom is -0.460 e. The van der Waals surface area contributed by atoms with Gasteiger partial charge in [0, 0.05) is 24.8 Å². The highest BCUT2D eigenvalue weighted by atomic mass is 16.7. The third-order valence-corrected chi connectivity index (χ3v) is 4.69. The summed E-state index contributed by atoms with van der Waals surface area (Å²) >= 11 is 0. The number of carbonyl (C=O) groups excluding carboxylic acids is 2. The van der Waals surface area contributed by atoms with Gasteiger partial charge in [0.2, 0.25) is 0 Å². The Morgan fingerprint density at radius 2 is 2.03 bits per heavy atom. The molecule has 2 heterocycles. The molecule has 0 amide bonds. The molecule has 1 aromatic heterocycles. The van der Waals surface area contributed by atoms with Crippen LogP contribution in [0.25, 0.3) is 11.3 Å². The van der Waals surface area contributed by atoms with Gasteiger partial charge < -0.3 is 14.2 Å². The smallest absolute Gasteiger partial charge is 0.314 e. The van der Waals surface area contributed by atoms with Gasteiger partial charge in [-0.1, -0.05) is 18.2 Å². The lowest BCUT2D eigenvalue weighted by molar-refractivity contribution is -0.169. The maximum absolute atomic E-state index is 12.5. The molecule has 7 heteroatoms. The van der Waals surface area contributed by atoms with Crippen molar-refractivity contribution in [2.75, 3.05) is 6.61 Å². The molecule has 7 nitrogen and oxygen atoms in total. The van der Waals surface area contributed by atoms with Crippen molar-refractivity contribution in [2.45, 2.75) is 65.0 Å². The van der Waals surface area contributed by atoms with Crippen LogP contribution >= 0.6 is 0 Å². The van der Waals surface area contributed by atoms with Gasteiger partial charge in [0.25, 0.3) is 0 Å². The summed E-state index contributed by atoms with van der Waals surface area (Å²) in [4.78, 5) is 24.5. The molecule has 1 unspecified atom stereocenters. The van der Waals surface area contributed by atoms with Gasteiger partial charge in [-0.2, -0.15) is 5.10 Å². The molecule has 1 saturated heterocycles. The number of aryl methyl sites for hydroxylation is 1. The molecule has 2 aromatic rings. The Bertz CT molecular complexity index is 891. The van der Waals surface area contributed by atoms with Crippen LogP contribution in [0, 0.1) is 0 Å². The number of hydrogen-bond acceptors (Lipinski definition) is 6. The van der Waals surface area contributed by atoms with E-state index in [1.54, 1.807) is 43.7 Å². The van der Waals surface area contributed by atoms with E-state index in [1.165, 1.54) is 0 Å². The number of ketones is 1. The van der Waals surface area contributed by atoms with Crippen LogP contribution in [0.1, 0.15) is 62.5 Å². The van der Waals surface area contributed by atoms with E-state index >= 15 is 0 Å². The zero-order chi connectivity index (χ0) is 21.7. The minimum atomic E-state index is -0.616. The first kappa shape index (κ1) is 22.2. The number of esters is 1. The first-order valence-electron chi connectivity index (χ1n) is 10.3. The van der Waals surface area contributed by atoms with E-state index in [-0.39, 0.29) is 18.5 Å². The van der Waals surface area contributed by atoms with E-state index < -0.39 is 11.6 Å². The normalized spacial score (nSPS) is 17.0. The molecule has 1 aromatic carbocycles. The van der Waals surface area contributed by atoms with E-state index in [9.17, 15) is 9.59 Å². The van der Waals surface area contributed by atoms with Crippen molar-refractivity contribution < 1.29 is 23.8 Å². The quantitative estimate of drug-likeness (QED) is 0.386. The molecule has 0 aliphatic carbocycles. The first-order chi connectivity index (χ1) is 14.2. The van der Waals surface area contributed by atoms with Crippen molar-refractivity contribution in [3.05, 3.63) is 41.6 Å². The van der Waals surface area contributed by atoms with Crippen LogP contribution in [0.5, 0.6) is 0 Å². The van der Waals surface area contributed by atoms with E-state index in [1.807, 2.05) is 19.2 Å². The zero-order valence-electron chi connectivity index (χ0n) is 18.1. The Kier molecular flexibility index (Phi) is 7.05. The fraction of sp³-hybridized carbons (Fsp3) is 0.522. The molecule has 1 aliphatic rings. The summed E-state index contributed by atoms with van der Waals surface area (Å²) in [6, 6.07) is 9.14. The maximum atomic E-state index is 12.5. The molecular formula is C23H30N2O5. The number of Topliss-reactive ketones (excluding diaryl/α,β-unsaturated/α-hetero) is 1. The SMILES string of the molecule is Cn1nc(COC2CCCCO2)cc1-c1cccc(C(=O)CC(=O)OC(C)(C)C)c1. The number of nitrogens with zero attached hydrogens (tertiary/aromatic N) is 2. The van der Waals surface area contributed by atoms with Crippen LogP contribution < -0.4 is 0 Å². The van der Waals surface area contributed by atoms with Crippen molar-refractivity contribution in [1.29, 1.82) is 0 Å². The average molecular weight is 415 g/mol. The number of carbonyl (C=O) groups is 2. The van der Waals surface area contributed by atoms with Crippen molar-refractivity contribution in [1.82, 2.24) is 9.78 Å². The molecule has 30 heavy (non-hydrogen) atoms. The molecule has 1 aliphatic heterocycles. The highest BCUT2D eigenvalue weighted by Crippen LogP contribution is 2.23. The Morgan fingerprint density at radius 3 is 2.73 bits per heavy atom. The Labute approximate surface area is 177 Å². The summed E-state index contributed by atoms with van der Waals surface area (Å²) < 4.78 is 18.4. The van der Waals surface area contributed by atoms with Crippen LogP contribution in [0.4, 0.5) is 0 Å². The summed E-state index contributed by atoms with van der Waals surface area (Å²) in [6.07, 6.45) is 2.64. The van der Waals surface area contributed by atoms with Crippen molar-refractivity contribution in [3.8, 4) is 11.3 Å². The molecule has 1 atom stereocenters. The van der Waals surface area contributed by atoms with E-state index in [2.05, 4.69) is 5.10 Å². The standard InChI is InChI=1S/C23H30N2O5/c1-23(2,3)30-21(27)14-20(26)17-9-7-8-16(12-17)19-13-18(24-25(19)4)15-29-22-10-5-6-11-28-22/h7-9,12-13,22H,5-6,10-11,14-15H2,1-4H3. The predicted molar refractivity (Wildman–Crippen MR) is 112 cm³/mol. The number of benzene rings is 1. The minimum absolute atomic E-state index is 0.169. The number of ether oxygens (including phenoxy) is 3. The van der Waals surface area contributed by atoms with Crippen LogP contribution in [-0.4, -0.2) is 40.0 Å². The van der Waals surface area contributed by atoms with Gasteiger partial charge in [0.15, 0.2) is 12.1 Å². The molecule has 0 radical (unpaired) electrons. The zero-order valence-corrected chi connectivity index (χ0v) is 18.1. The summed E-state index contributed by atoms with van der Waals surface area (Å²) in [5.41, 5.74) is 2.36. The highest BCUT2D eigenvalue weighted by Gasteiger charge is 2.20. The van der Waals surface area contributed by atoms with Gasteiger partial charge in [-0.05, 0) is 52.2 Å². The third kappa shape index (κ3) is 6.24. The largest absolute Gasteiger partial charge is 0.460 e. The molecule has 3 rings (SSSR count). The fourth-order valence-electron chi connectivity index (χ4n) is 3.35. The first-order valence-corrected chi connectivity index (χ1v) is 10.3. The third-order valence-electron chi connectivity index (χ3n) is 4.69. The van der Waals surface area contributed by atoms with Crippen molar-refractivity contribution in [3.63, 3.8) is 0 Å². The Hall–Kier alpha value is -2.51. The summed E-state index contributed by atoms with van der Waals surface area (Å²) in [5, 5.41) is 4.51. The molecule has 1 fully saturated rings. The van der Waals surface area contributed by atoms with Crippen LogP contribution in [-0.2, 0) is 32.7 Å². The van der Waals surface area contributed by atoms with E-state index in [0.717, 1.165) is 42.8 Å². The highest BCUT2D eigenvalue weighted by molar-refractivity contribution is 6.06. The van der Waals surface area contributed by atoms with Gasteiger partial charge in [0.1, 0.15) is 12.0 Å². The average Bonchev–Trinajstić information content (AvgIpc) is 3.06. The van der Waals surface area contributed by atoms with Crippen LogP contribution in [0.15, 0.2) is 30.3 Å². The fourth-order valence-corrected chi connectivity index (χ4v) is 3.35. The van der Waals surface area contributed by atoms with Crippen LogP contribution in [0.3, 0.4) is 0 Å². The lowest BCUT2D eigenvalue weighted by atomic mass is 10.0. The monoisotopic (exact) mass is 414 g/mol. The molecule has 0 N–H and O–H groups in total. The van der Waals surface area contributed by atoms with Crippen LogP contribution in [0.2, 0.25) is 0 Å². The topological polar surface area (TPSA) is 79.7 Å². The van der Waals surface area contributed by atoms with Gasteiger partial charge in [0.05, 0.1) is 18.0 Å². The summed E-state index contributed by atoms with van der Waals surface area (Å²) in [5.74, 6) is -0.797. The lowest BCUT2D eigenvalue weighted by Gasteiger charge is -2.22. The number of rotatable bonds is 7. The second-order valence-electron chi connectivity index (χ2n) is 8.52. The Balaban J connectivity index is 1.67. The number of hydrogen-bond donors (Lipinski definition) is 0. The molecule has 0 bridgehead atoms. The van der Waals surface area contributed by atoms with E-state index in [0.29, 0.717) is 12.2 Å². The van der Waals surface area contributed by atoms with Gasteiger partial charge >= 0.3 is 5.97 Å². The van der Waals surface area contributed by atoms with E-state index in [4.69, 9.17) is 14.2 Å².